The second kappa shape index (κ2) is 3.67. The van der Waals surface area contributed by atoms with Gasteiger partial charge in [0.15, 0.2) is 0 Å². The molecule has 0 heterocycles. The van der Waals surface area contributed by atoms with Crippen LogP contribution in [-0.2, 0) is 6.42 Å². The average Bonchev–Trinajstić information content (AvgIpc) is 2.03. The summed E-state index contributed by atoms with van der Waals surface area (Å²) >= 11 is 0. The molecule has 52 valence electrons. The molecule has 10 heavy (non-hydrogen) atoms. The molecule has 0 saturated heterocycles. The van der Waals surface area contributed by atoms with Crippen molar-refractivity contribution in [3.05, 3.63) is 35.9 Å². The summed E-state index contributed by atoms with van der Waals surface area (Å²) < 4.78 is 0. The summed E-state index contributed by atoms with van der Waals surface area (Å²) in [4.78, 5) is 0. The normalized spacial score (nSPS) is 10.4. The predicted molar refractivity (Wildman–Crippen MR) is 40.4 cm³/mol. The van der Waals surface area contributed by atoms with Crippen LogP contribution >= 0.6 is 0 Å². The molecule has 1 aromatic rings. The molecule has 0 fully saturated rings. The second-order valence-corrected chi connectivity index (χ2v) is 1.99. The minimum atomic E-state index is 0.692. The Labute approximate surface area is 59.8 Å². The Morgan fingerprint density at radius 3 is 2.60 bits per heavy atom. The van der Waals surface area contributed by atoms with Gasteiger partial charge in [0.05, 0.1) is 0 Å². The summed E-state index contributed by atoms with van der Waals surface area (Å²) in [5, 5.41) is 11.0. The fourth-order valence-electron chi connectivity index (χ4n) is 0.760. The highest BCUT2D eigenvalue weighted by Gasteiger charge is 1.84. The molecule has 2 nitrogen and oxygen atoms in total. The maximum atomic E-state index is 8.10. The van der Waals surface area contributed by atoms with Crippen LogP contribution < -0.4 is 0 Å². The molecule has 0 unspecified atom stereocenters. The van der Waals surface area contributed by atoms with Gasteiger partial charge in [-0.3, -0.25) is 0 Å². The van der Waals surface area contributed by atoms with Crippen molar-refractivity contribution >= 4 is 6.21 Å². The molecule has 1 rings (SSSR count). The van der Waals surface area contributed by atoms with Gasteiger partial charge in [-0.25, -0.2) is 0 Å². The smallest absolute Gasteiger partial charge is 0.0479 e. The van der Waals surface area contributed by atoms with Gasteiger partial charge in [-0.2, -0.15) is 0 Å². The van der Waals surface area contributed by atoms with Crippen LogP contribution in [0.25, 0.3) is 0 Å². The van der Waals surface area contributed by atoms with Crippen molar-refractivity contribution in [1.82, 2.24) is 0 Å². The third-order valence-electron chi connectivity index (χ3n) is 1.25. The molecule has 0 aliphatic rings. The van der Waals surface area contributed by atoms with Crippen molar-refractivity contribution in [2.24, 2.45) is 5.16 Å². The molecule has 0 aromatic heterocycles. The van der Waals surface area contributed by atoms with E-state index in [0.717, 1.165) is 5.56 Å². The predicted octanol–water partition coefficient (Wildman–Crippen LogP) is 1.69. The van der Waals surface area contributed by atoms with Gasteiger partial charge >= 0.3 is 0 Å². The molecule has 0 saturated carbocycles. The van der Waals surface area contributed by atoms with Crippen LogP contribution in [0.4, 0.5) is 0 Å². The highest BCUT2D eigenvalue weighted by atomic mass is 16.4. The van der Waals surface area contributed by atoms with E-state index in [1.54, 1.807) is 0 Å². The first-order chi connectivity index (χ1) is 4.93. The van der Waals surface area contributed by atoms with Crippen molar-refractivity contribution < 1.29 is 5.21 Å². The van der Waals surface area contributed by atoms with Gasteiger partial charge in [-0.1, -0.05) is 30.3 Å². The molecule has 0 aliphatic heterocycles. The van der Waals surface area contributed by atoms with Crippen LogP contribution in [0, 0.1) is 0 Å². The van der Waals surface area contributed by atoms with Gasteiger partial charge in [0.25, 0.3) is 0 Å². The fraction of sp³-hybridized carbons (Fsp3) is 0.125. The zero-order valence-electron chi connectivity index (χ0n) is 5.57. The Morgan fingerprint density at radius 2 is 2.00 bits per heavy atom. The standard InChI is InChI=1S/C8H9NO/c10-9-7-6-8-4-2-1-3-5-8/h1-5,7,10H,6H2. The molecule has 0 amide bonds. The first-order valence-electron chi connectivity index (χ1n) is 3.13. The lowest BCUT2D eigenvalue weighted by atomic mass is 10.2. The molecular formula is C8H9NO. The van der Waals surface area contributed by atoms with E-state index in [9.17, 15) is 0 Å². The van der Waals surface area contributed by atoms with Gasteiger partial charge in [0.2, 0.25) is 0 Å². The number of nitrogens with zero attached hydrogens (tertiary/aromatic N) is 1. The van der Waals surface area contributed by atoms with E-state index in [0.29, 0.717) is 6.42 Å². The van der Waals surface area contributed by atoms with E-state index in [1.165, 1.54) is 6.21 Å². The topological polar surface area (TPSA) is 32.6 Å². The molecule has 0 atom stereocenters. The van der Waals surface area contributed by atoms with Gasteiger partial charge in [0.1, 0.15) is 0 Å². The Hall–Kier alpha value is -1.31. The highest BCUT2D eigenvalue weighted by Crippen LogP contribution is 1.96. The summed E-state index contributed by atoms with van der Waals surface area (Å²) in [6, 6.07) is 9.85. The fourth-order valence-corrected chi connectivity index (χ4v) is 0.760. The number of hydrogen-bond acceptors (Lipinski definition) is 2. The lowest BCUT2D eigenvalue weighted by Gasteiger charge is -1.90. The van der Waals surface area contributed by atoms with Gasteiger partial charge in [-0.05, 0) is 5.56 Å². The second-order valence-electron chi connectivity index (χ2n) is 1.99. The lowest BCUT2D eigenvalue weighted by Crippen LogP contribution is -1.83. The van der Waals surface area contributed by atoms with Crippen LogP contribution in [0.1, 0.15) is 5.56 Å². The van der Waals surface area contributed by atoms with Crippen molar-refractivity contribution in [3.8, 4) is 0 Å². The average molecular weight is 135 g/mol. The Balaban J connectivity index is 2.59. The van der Waals surface area contributed by atoms with Gasteiger partial charge in [-0.15, -0.1) is 5.16 Å². The summed E-state index contributed by atoms with van der Waals surface area (Å²) in [6.45, 7) is 0. The molecular weight excluding hydrogens is 126 g/mol. The molecule has 1 aromatic carbocycles. The summed E-state index contributed by atoms with van der Waals surface area (Å²) in [5.41, 5.74) is 1.15. The van der Waals surface area contributed by atoms with E-state index in [4.69, 9.17) is 5.21 Å². The number of hydrogen-bond donors (Lipinski definition) is 1. The molecule has 0 bridgehead atoms. The van der Waals surface area contributed by atoms with E-state index < -0.39 is 0 Å². The highest BCUT2D eigenvalue weighted by molar-refractivity contribution is 5.60. The van der Waals surface area contributed by atoms with Gasteiger partial charge < -0.3 is 5.21 Å². The number of oxime groups is 1. The van der Waals surface area contributed by atoms with Crippen LogP contribution in [-0.4, -0.2) is 11.4 Å². The minimum Gasteiger partial charge on any atom is -0.411 e. The summed E-state index contributed by atoms with van der Waals surface area (Å²) in [6.07, 6.45) is 2.16. The molecule has 0 aliphatic carbocycles. The maximum Gasteiger partial charge on any atom is 0.0479 e. The van der Waals surface area contributed by atoms with Crippen molar-refractivity contribution in [2.75, 3.05) is 0 Å². The Morgan fingerprint density at radius 1 is 1.30 bits per heavy atom. The zero-order valence-corrected chi connectivity index (χ0v) is 5.57. The SMILES string of the molecule is ON=CCc1ccccc1. The van der Waals surface area contributed by atoms with Crippen LogP contribution in [0.5, 0.6) is 0 Å². The maximum absolute atomic E-state index is 8.10. The molecule has 0 radical (unpaired) electrons. The largest absolute Gasteiger partial charge is 0.411 e. The monoisotopic (exact) mass is 135 g/mol. The zero-order chi connectivity index (χ0) is 7.23. The van der Waals surface area contributed by atoms with Crippen molar-refractivity contribution in [2.45, 2.75) is 6.42 Å². The summed E-state index contributed by atoms with van der Waals surface area (Å²) in [5.74, 6) is 0. The lowest BCUT2D eigenvalue weighted by molar-refractivity contribution is 0.321. The Kier molecular flexibility index (Phi) is 2.49. The van der Waals surface area contributed by atoms with E-state index >= 15 is 0 Å². The quantitative estimate of drug-likeness (QED) is 0.373. The first kappa shape index (κ1) is 6.81. The third kappa shape index (κ3) is 1.90. The molecule has 1 N–H and O–H groups in total. The molecule has 0 spiro atoms. The van der Waals surface area contributed by atoms with Gasteiger partial charge in [0, 0.05) is 12.6 Å². The first-order valence-corrected chi connectivity index (χ1v) is 3.13. The van der Waals surface area contributed by atoms with Crippen molar-refractivity contribution in [1.29, 1.82) is 0 Å². The minimum absolute atomic E-state index is 0.692. The van der Waals surface area contributed by atoms with E-state index in [1.807, 2.05) is 30.3 Å². The summed E-state index contributed by atoms with van der Waals surface area (Å²) in [7, 11) is 0. The van der Waals surface area contributed by atoms with E-state index in [2.05, 4.69) is 5.16 Å². The van der Waals surface area contributed by atoms with E-state index in [-0.39, 0.29) is 0 Å². The van der Waals surface area contributed by atoms with Crippen LogP contribution in [0.3, 0.4) is 0 Å². The third-order valence-corrected chi connectivity index (χ3v) is 1.25. The van der Waals surface area contributed by atoms with Crippen molar-refractivity contribution in [3.63, 3.8) is 0 Å². The van der Waals surface area contributed by atoms with Crippen LogP contribution in [0.2, 0.25) is 0 Å². The Bertz CT molecular complexity index is 206. The number of benzene rings is 1. The number of rotatable bonds is 2. The molecule has 2 heteroatoms. The van der Waals surface area contributed by atoms with Crippen LogP contribution in [0.15, 0.2) is 35.5 Å².